The molecule has 0 spiro atoms. The van der Waals surface area contributed by atoms with E-state index in [0.717, 1.165) is 44.8 Å². The van der Waals surface area contributed by atoms with Gasteiger partial charge in [0.15, 0.2) is 0 Å². The van der Waals surface area contributed by atoms with Crippen molar-refractivity contribution in [1.82, 2.24) is 4.90 Å². The zero-order valence-corrected chi connectivity index (χ0v) is 9.19. The maximum atomic E-state index is 9.72. The van der Waals surface area contributed by atoms with Gasteiger partial charge in [0, 0.05) is 19.0 Å². The van der Waals surface area contributed by atoms with Crippen molar-refractivity contribution in [1.29, 1.82) is 0 Å². The van der Waals surface area contributed by atoms with Crippen LogP contribution >= 0.6 is 11.6 Å². The number of unbranched alkanes of at least 4 members (excludes halogenated alkanes) is 1. The highest BCUT2D eigenvalue weighted by Gasteiger charge is 2.26. The van der Waals surface area contributed by atoms with E-state index in [9.17, 15) is 5.11 Å². The summed E-state index contributed by atoms with van der Waals surface area (Å²) in [5.74, 6) is 0.769. The van der Waals surface area contributed by atoms with Crippen molar-refractivity contribution in [2.24, 2.45) is 0 Å². The molecule has 2 nitrogen and oxygen atoms in total. The van der Waals surface area contributed by atoms with Gasteiger partial charge in [-0.15, -0.1) is 11.6 Å². The van der Waals surface area contributed by atoms with Gasteiger partial charge in [-0.1, -0.05) is 0 Å². The first-order valence-corrected chi connectivity index (χ1v) is 5.68. The van der Waals surface area contributed by atoms with Crippen molar-refractivity contribution in [2.45, 2.75) is 38.2 Å². The van der Waals surface area contributed by atoms with Gasteiger partial charge in [-0.25, -0.2) is 0 Å². The van der Waals surface area contributed by atoms with Crippen LogP contribution in [0.2, 0.25) is 0 Å². The molecule has 3 heteroatoms. The molecule has 0 atom stereocenters. The second-order valence-corrected chi connectivity index (χ2v) is 4.61. The molecule has 1 N–H and O–H groups in total. The summed E-state index contributed by atoms with van der Waals surface area (Å²) >= 11 is 5.61. The maximum absolute atomic E-state index is 9.72. The van der Waals surface area contributed by atoms with Crippen molar-refractivity contribution in [3.8, 4) is 0 Å². The number of hydrogen-bond acceptors (Lipinski definition) is 2. The van der Waals surface area contributed by atoms with Gasteiger partial charge in [-0.3, -0.25) is 0 Å². The molecule has 1 aliphatic rings. The molecule has 13 heavy (non-hydrogen) atoms. The van der Waals surface area contributed by atoms with Gasteiger partial charge < -0.3 is 10.0 Å². The number of likely N-dealkylation sites (tertiary alicyclic amines) is 1. The lowest BCUT2D eigenvalue weighted by atomic mass is 9.94. The Morgan fingerprint density at radius 1 is 1.31 bits per heavy atom. The number of alkyl halides is 1. The molecule has 0 unspecified atom stereocenters. The number of rotatable bonds is 4. The molecule has 0 aliphatic carbocycles. The highest BCUT2D eigenvalue weighted by Crippen LogP contribution is 2.21. The standard InChI is InChI=1S/C10H20ClNO/c1-10(13)4-8-12(9-5-10)7-3-2-6-11/h13H,2-9H2,1H3. The Labute approximate surface area is 85.9 Å². The summed E-state index contributed by atoms with van der Waals surface area (Å²) < 4.78 is 0. The zero-order valence-electron chi connectivity index (χ0n) is 8.43. The van der Waals surface area contributed by atoms with E-state index in [4.69, 9.17) is 11.6 Å². The summed E-state index contributed by atoms with van der Waals surface area (Å²) in [7, 11) is 0. The van der Waals surface area contributed by atoms with E-state index >= 15 is 0 Å². The first kappa shape index (κ1) is 11.3. The molecule has 0 aromatic rings. The first-order chi connectivity index (χ1) is 6.14. The minimum atomic E-state index is -0.414. The van der Waals surface area contributed by atoms with E-state index in [0.29, 0.717) is 0 Å². The average molecular weight is 206 g/mol. The maximum Gasteiger partial charge on any atom is 0.0644 e. The summed E-state index contributed by atoms with van der Waals surface area (Å²) in [6, 6.07) is 0. The molecule has 1 heterocycles. The number of aliphatic hydroxyl groups is 1. The highest BCUT2D eigenvalue weighted by atomic mass is 35.5. The van der Waals surface area contributed by atoms with E-state index in [1.807, 2.05) is 6.92 Å². The summed E-state index contributed by atoms with van der Waals surface area (Å²) in [5, 5.41) is 9.72. The molecule has 0 amide bonds. The molecule has 0 radical (unpaired) electrons. The molecule has 1 aliphatic heterocycles. The van der Waals surface area contributed by atoms with Gasteiger partial charge in [0.05, 0.1) is 5.60 Å². The second-order valence-electron chi connectivity index (χ2n) is 4.23. The van der Waals surface area contributed by atoms with Gasteiger partial charge in [-0.05, 0) is 39.2 Å². The van der Waals surface area contributed by atoms with E-state index in [2.05, 4.69) is 4.90 Å². The summed E-state index contributed by atoms with van der Waals surface area (Å²) in [4.78, 5) is 2.42. The number of piperidine rings is 1. The van der Waals surface area contributed by atoms with Gasteiger partial charge in [-0.2, -0.15) is 0 Å². The topological polar surface area (TPSA) is 23.5 Å². The van der Waals surface area contributed by atoms with Crippen molar-refractivity contribution < 1.29 is 5.11 Å². The van der Waals surface area contributed by atoms with Gasteiger partial charge >= 0.3 is 0 Å². The molecule has 0 aromatic carbocycles. The second kappa shape index (κ2) is 5.18. The first-order valence-electron chi connectivity index (χ1n) is 5.15. The Morgan fingerprint density at radius 2 is 1.92 bits per heavy atom. The SMILES string of the molecule is CC1(O)CCN(CCCCCl)CC1. The molecule has 0 aromatic heterocycles. The van der Waals surface area contributed by atoms with Crippen molar-refractivity contribution >= 4 is 11.6 Å². The zero-order chi connectivity index (χ0) is 9.73. The molecular formula is C10H20ClNO. The lowest BCUT2D eigenvalue weighted by Gasteiger charge is -2.35. The molecule has 78 valence electrons. The van der Waals surface area contributed by atoms with Crippen LogP contribution in [0.1, 0.15) is 32.6 Å². The number of nitrogens with zero attached hydrogens (tertiary/aromatic N) is 1. The lowest BCUT2D eigenvalue weighted by molar-refractivity contribution is -0.00543. The average Bonchev–Trinajstić information content (AvgIpc) is 2.08. The highest BCUT2D eigenvalue weighted by molar-refractivity contribution is 6.17. The van der Waals surface area contributed by atoms with Crippen LogP contribution in [0.5, 0.6) is 0 Å². The van der Waals surface area contributed by atoms with E-state index in [1.54, 1.807) is 0 Å². The third-order valence-corrected chi connectivity index (χ3v) is 3.06. The van der Waals surface area contributed by atoms with Crippen molar-refractivity contribution in [3.05, 3.63) is 0 Å². The number of hydrogen-bond donors (Lipinski definition) is 1. The van der Waals surface area contributed by atoms with E-state index in [-0.39, 0.29) is 0 Å². The van der Waals surface area contributed by atoms with Crippen LogP contribution in [0.15, 0.2) is 0 Å². The third-order valence-electron chi connectivity index (χ3n) is 2.79. The predicted molar refractivity (Wildman–Crippen MR) is 56.3 cm³/mol. The molecular weight excluding hydrogens is 186 g/mol. The van der Waals surface area contributed by atoms with Crippen LogP contribution in [-0.2, 0) is 0 Å². The van der Waals surface area contributed by atoms with E-state index < -0.39 is 5.60 Å². The lowest BCUT2D eigenvalue weighted by Crippen LogP contribution is -2.42. The van der Waals surface area contributed by atoms with Gasteiger partial charge in [0.25, 0.3) is 0 Å². The number of halogens is 1. The normalized spacial score (nSPS) is 23.3. The molecule has 0 bridgehead atoms. The Morgan fingerprint density at radius 3 is 2.46 bits per heavy atom. The summed E-state index contributed by atoms with van der Waals surface area (Å²) in [6.45, 7) is 5.15. The third kappa shape index (κ3) is 4.30. The monoisotopic (exact) mass is 205 g/mol. The van der Waals surface area contributed by atoms with Crippen LogP contribution < -0.4 is 0 Å². The molecule has 1 fully saturated rings. The smallest absolute Gasteiger partial charge is 0.0644 e. The van der Waals surface area contributed by atoms with Gasteiger partial charge in [0.1, 0.15) is 0 Å². The molecule has 1 saturated heterocycles. The minimum Gasteiger partial charge on any atom is -0.390 e. The van der Waals surface area contributed by atoms with Crippen LogP contribution in [0.25, 0.3) is 0 Å². The fourth-order valence-electron chi connectivity index (χ4n) is 1.69. The van der Waals surface area contributed by atoms with Crippen molar-refractivity contribution in [3.63, 3.8) is 0 Å². The Bertz CT molecular complexity index is 140. The predicted octanol–water partition coefficient (Wildman–Crippen LogP) is 1.85. The quantitative estimate of drug-likeness (QED) is 0.560. The summed E-state index contributed by atoms with van der Waals surface area (Å²) in [6.07, 6.45) is 4.11. The molecule has 1 rings (SSSR count). The Hall–Kier alpha value is 0.210. The minimum absolute atomic E-state index is 0.414. The van der Waals surface area contributed by atoms with Crippen LogP contribution in [0, 0.1) is 0 Å². The molecule has 0 saturated carbocycles. The summed E-state index contributed by atoms with van der Waals surface area (Å²) in [5.41, 5.74) is -0.414. The fraction of sp³-hybridized carbons (Fsp3) is 1.00. The van der Waals surface area contributed by atoms with Gasteiger partial charge in [0.2, 0.25) is 0 Å². The fourth-order valence-corrected chi connectivity index (χ4v) is 1.88. The largest absolute Gasteiger partial charge is 0.390 e. The van der Waals surface area contributed by atoms with Crippen LogP contribution in [-0.4, -0.2) is 41.1 Å². The van der Waals surface area contributed by atoms with Crippen LogP contribution in [0.4, 0.5) is 0 Å². The van der Waals surface area contributed by atoms with Crippen LogP contribution in [0.3, 0.4) is 0 Å². The van der Waals surface area contributed by atoms with Crippen molar-refractivity contribution in [2.75, 3.05) is 25.5 Å². The van der Waals surface area contributed by atoms with E-state index in [1.165, 1.54) is 6.42 Å². The Balaban J connectivity index is 2.11. The Kier molecular flexibility index (Phi) is 4.50.